The summed E-state index contributed by atoms with van der Waals surface area (Å²) >= 11 is 0. The fourth-order valence-corrected chi connectivity index (χ4v) is 4.24. The smallest absolute Gasteiger partial charge is 0.266 e. The standard InChI is InChI=1S/C28H26N4O5/c1-2-34-20-9-11-21(12-10-20)36-24-7-4-3-6-22(24)30-26(33)19-13-15-32(16-14-19)28-23(18-29)31-27(37-28)25-8-5-17-35-25/h3-12,17,19H,2,13-16H2,1H3,(H,30,33). The van der Waals surface area contributed by atoms with Crippen LogP contribution >= 0.6 is 0 Å². The molecule has 1 amide bonds. The van der Waals surface area contributed by atoms with Crippen molar-refractivity contribution >= 4 is 17.5 Å². The maximum absolute atomic E-state index is 13.1. The number of benzene rings is 2. The number of nitriles is 1. The van der Waals surface area contributed by atoms with Crippen molar-refractivity contribution in [2.75, 3.05) is 29.9 Å². The molecular formula is C28H26N4O5. The number of piperidine rings is 1. The van der Waals surface area contributed by atoms with Crippen LogP contribution in [0.2, 0.25) is 0 Å². The molecule has 3 heterocycles. The average Bonchev–Trinajstić information content (AvgIpc) is 3.61. The van der Waals surface area contributed by atoms with Crippen molar-refractivity contribution in [1.29, 1.82) is 5.26 Å². The van der Waals surface area contributed by atoms with Gasteiger partial charge < -0.3 is 28.5 Å². The molecule has 1 fully saturated rings. The van der Waals surface area contributed by atoms with Crippen LogP contribution in [0.5, 0.6) is 17.2 Å². The molecule has 0 bridgehead atoms. The minimum Gasteiger partial charge on any atom is -0.494 e. The number of para-hydroxylation sites is 2. The Morgan fingerprint density at radius 1 is 1.11 bits per heavy atom. The molecule has 2 aromatic heterocycles. The van der Waals surface area contributed by atoms with Gasteiger partial charge in [-0.3, -0.25) is 4.79 Å². The second-order valence-electron chi connectivity index (χ2n) is 8.52. The van der Waals surface area contributed by atoms with E-state index in [1.165, 1.54) is 6.26 Å². The summed E-state index contributed by atoms with van der Waals surface area (Å²) < 4.78 is 22.7. The third-order valence-corrected chi connectivity index (χ3v) is 6.11. The molecular weight excluding hydrogens is 472 g/mol. The molecule has 1 aliphatic heterocycles. The Morgan fingerprint density at radius 3 is 2.57 bits per heavy atom. The summed E-state index contributed by atoms with van der Waals surface area (Å²) in [7, 11) is 0. The lowest BCUT2D eigenvalue weighted by Crippen LogP contribution is -2.38. The van der Waals surface area contributed by atoms with Crippen LogP contribution in [0.3, 0.4) is 0 Å². The maximum atomic E-state index is 13.1. The molecule has 9 heteroatoms. The molecule has 37 heavy (non-hydrogen) atoms. The zero-order valence-corrected chi connectivity index (χ0v) is 20.3. The van der Waals surface area contributed by atoms with Gasteiger partial charge in [-0.15, -0.1) is 0 Å². The Labute approximate surface area is 214 Å². The van der Waals surface area contributed by atoms with Crippen LogP contribution in [0.1, 0.15) is 25.5 Å². The van der Waals surface area contributed by atoms with E-state index >= 15 is 0 Å². The SMILES string of the molecule is CCOc1ccc(Oc2ccccc2NC(=O)C2CCN(c3oc(-c4ccco4)nc3C#N)CC2)cc1. The number of rotatable bonds is 8. The lowest BCUT2D eigenvalue weighted by Gasteiger charge is -2.31. The van der Waals surface area contributed by atoms with Crippen molar-refractivity contribution in [3.63, 3.8) is 0 Å². The van der Waals surface area contributed by atoms with Crippen LogP contribution in [0.15, 0.2) is 75.8 Å². The van der Waals surface area contributed by atoms with Gasteiger partial charge in [-0.05, 0) is 68.3 Å². The first-order valence-corrected chi connectivity index (χ1v) is 12.1. The van der Waals surface area contributed by atoms with Crippen LogP contribution in [0, 0.1) is 17.2 Å². The largest absolute Gasteiger partial charge is 0.494 e. The zero-order valence-electron chi connectivity index (χ0n) is 20.3. The Kier molecular flexibility index (Phi) is 7.08. The van der Waals surface area contributed by atoms with Crippen LogP contribution in [-0.2, 0) is 4.79 Å². The topological polar surface area (TPSA) is 114 Å². The summed E-state index contributed by atoms with van der Waals surface area (Å²) in [5.74, 6) is 2.85. The molecule has 1 saturated heterocycles. The van der Waals surface area contributed by atoms with E-state index in [4.69, 9.17) is 18.3 Å². The molecule has 1 aliphatic rings. The lowest BCUT2D eigenvalue weighted by atomic mass is 9.95. The van der Waals surface area contributed by atoms with E-state index in [9.17, 15) is 10.1 Å². The van der Waals surface area contributed by atoms with E-state index in [1.807, 2.05) is 60.4 Å². The number of carbonyl (C=O) groups is 1. The number of amides is 1. The van der Waals surface area contributed by atoms with Gasteiger partial charge >= 0.3 is 0 Å². The Morgan fingerprint density at radius 2 is 1.86 bits per heavy atom. The van der Waals surface area contributed by atoms with E-state index in [1.54, 1.807) is 12.1 Å². The molecule has 4 aromatic rings. The molecule has 9 nitrogen and oxygen atoms in total. The number of furan rings is 1. The molecule has 0 unspecified atom stereocenters. The summed E-state index contributed by atoms with van der Waals surface area (Å²) in [6, 6.07) is 20.2. The van der Waals surface area contributed by atoms with Crippen LogP contribution in [0.4, 0.5) is 11.6 Å². The highest BCUT2D eigenvalue weighted by atomic mass is 16.5. The molecule has 0 aliphatic carbocycles. The van der Waals surface area contributed by atoms with Gasteiger partial charge in [0.05, 0.1) is 18.6 Å². The number of hydrogen-bond donors (Lipinski definition) is 1. The summed E-state index contributed by atoms with van der Waals surface area (Å²) in [4.78, 5) is 19.3. The van der Waals surface area contributed by atoms with Crippen LogP contribution in [-0.4, -0.2) is 30.6 Å². The quantitative estimate of drug-likeness (QED) is 0.322. The first kappa shape index (κ1) is 24.0. The van der Waals surface area contributed by atoms with E-state index in [-0.39, 0.29) is 23.4 Å². The van der Waals surface area contributed by atoms with Crippen LogP contribution < -0.4 is 19.7 Å². The molecule has 1 N–H and O–H groups in total. The average molecular weight is 499 g/mol. The fraction of sp³-hybridized carbons (Fsp3) is 0.250. The molecule has 0 atom stereocenters. The highest BCUT2D eigenvalue weighted by Crippen LogP contribution is 2.33. The van der Waals surface area contributed by atoms with E-state index in [0.717, 1.165) is 5.75 Å². The number of oxazole rings is 1. The van der Waals surface area contributed by atoms with Crippen LogP contribution in [0.25, 0.3) is 11.7 Å². The second-order valence-corrected chi connectivity index (χ2v) is 8.52. The number of nitrogens with zero attached hydrogens (tertiary/aromatic N) is 3. The van der Waals surface area contributed by atoms with Gasteiger partial charge in [0.1, 0.15) is 17.6 Å². The van der Waals surface area contributed by atoms with Crippen molar-refractivity contribution in [2.24, 2.45) is 5.92 Å². The molecule has 0 spiro atoms. The molecule has 0 saturated carbocycles. The van der Waals surface area contributed by atoms with Crippen molar-refractivity contribution < 1.29 is 23.1 Å². The summed E-state index contributed by atoms with van der Waals surface area (Å²) in [6.45, 7) is 3.65. The third-order valence-electron chi connectivity index (χ3n) is 6.11. The highest BCUT2D eigenvalue weighted by Gasteiger charge is 2.29. The predicted octanol–water partition coefficient (Wildman–Crippen LogP) is 5.85. The summed E-state index contributed by atoms with van der Waals surface area (Å²) in [6.07, 6.45) is 2.74. The van der Waals surface area contributed by atoms with Crippen molar-refractivity contribution in [2.45, 2.75) is 19.8 Å². The zero-order chi connectivity index (χ0) is 25.6. The molecule has 188 valence electrons. The van der Waals surface area contributed by atoms with Gasteiger partial charge in [0.15, 0.2) is 11.5 Å². The van der Waals surface area contributed by atoms with Gasteiger partial charge in [0.25, 0.3) is 5.89 Å². The lowest BCUT2D eigenvalue weighted by molar-refractivity contribution is -0.120. The van der Waals surface area contributed by atoms with Crippen molar-refractivity contribution in [3.05, 3.63) is 72.6 Å². The number of anilines is 2. The highest BCUT2D eigenvalue weighted by molar-refractivity contribution is 5.94. The molecule has 2 aromatic carbocycles. The third kappa shape index (κ3) is 5.43. The Bertz CT molecular complexity index is 1380. The van der Waals surface area contributed by atoms with E-state index in [2.05, 4.69) is 16.4 Å². The van der Waals surface area contributed by atoms with Gasteiger partial charge in [-0.2, -0.15) is 10.2 Å². The van der Waals surface area contributed by atoms with Gasteiger partial charge in [0.2, 0.25) is 17.5 Å². The number of carbonyl (C=O) groups excluding carboxylic acids is 1. The number of nitrogens with one attached hydrogen (secondary N) is 1. The molecule has 5 rings (SSSR count). The van der Waals surface area contributed by atoms with E-state index in [0.29, 0.717) is 61.4 Å². The second kappa shape index (κ2) is 10.9. The normalized spacial score (nSPS) is 13.7. The monoisotopic (exact) mass is 498 g/mol. The maximum Gasteiger partial charge on any atom is 0.266 e. The Hall–Kier alpha value is -4.71. The minimum atomic E-state index is -0.187. The van der Waals surface area contributed by atoms with E-state index < -0.39 is 0 Å². The van der Waals surface area contributed by atoms with Crippen molar-refractivity contribution in [3.8, 4) is 35.0 Å². The Balaban J connectivity index is 1.21. The summed E-state index contributed by atoms with van der Waals surface area (Å²) in [5.41, 5.74) is 0.809. The number of aromatic nitrogens is 1. The van der Waals surface area contributed by atoms with Crippen molar-refractivity contribution in [1.82, 2.24) is 4.98 Å². The predicted molar refractivity (Wildman–Crippen MR) is 137 cm³/mol. The molecule has 0 radical (unpaired) electrons. The first-order valence-electron chi connectivity index (χ1n) is 12.1. The minimum absolute atomic E-state index is 0.0725. The first-order chi connectivity index (χ1) is 18.1. The number of ether oxygens (including phenoxy) is 2. The van der Waals surface area contributed by atoms with Gasteiger partial charge in [0, 0.05) is 19.0 Å². The van der Waals surface area contributed by atoms with Gasteiger partial charge in [-0.25, -0.2) is 0 Å². The number of hydrogen-bond acceptors (Lipinski definition) is 8. The van der Waals surface area contributed by atoms with Gasteiger partial charge in [-0.1, -0.05) is 12.1 Å². The summed E-state index contributed by atoms with van der Waals surface area (Å²) in [5, 5.41) is 12.5. The fourth-order valence-electron chi connectivity index (χ4n) is 4.24.